The fourth-order valence-electron chi connectivity index (χ4n) is 0.940. The van der Waals surface area contributed by atoms with E-state index in [-0.39, 0.29) is 6.04 Å². The second-order valence-electron chi connectivity index (χ2n) is 2.25. The first-order valence-corrected chi connectivity index (χ1v) is 4.02. The van der Waals surface area contributed by atoms with Gasteiger partial charge in [-0.25, -0.2) is 3.11 Å². The normalized spacial score (nSPS) is 24.1. The second kappa shape index (κ2) is 3.46. The van der Waals surface area contributed by atoms with Crippen LogP contribution in [-0.4, -0.2) is 22.2 Å². The van der Waals surface area contributed by atoms with Gasteiger partial charge in [0.25, 0.3) is 0 Å². The van der Waals surface area contributed by atoms with Gasteiger partial charge in [0, 0.05) is 36.0 Å². The van der Waals surface area contributed by atoms with Gasteiger partial charge in [0.05, 0.1) is 6.04 Å². The van der Waals surface area contributed by atoms with Gasteiger partial charge in [-0.05, 0) is 12.8 Å². The van der Waals surface area contributed by atoms with Gasteiger partial charge >= 0.3 is 0 Å². The predicted octanol–water partition coefficient (Wildman–Crippen LogP) is 1.57. The van der Waals surface area contributed by atoms with Crippen molar-refractivity contribution in [3.05, 3.63) is 4.91 Å². The second-order valence-corrected chi connectivity index (χ2v) is 3.61. The number of hydrogen-bond donors (Lipinski definition) is 0. The Morgan fingerprint density at radius 2 is 2.00 bits per heavy atom. The molecule has 0 aromatic carbocycles. The van der Waals surface area contributed by atoms with E-state index in [1.54, 1.807) is 0 Å². The number of nitroso groups, excluding NO2 is 1. The van der Waals surface area contributed by atoms with E-state index in [0.717, 1.165) is 25.9 Å². The molecule has 0 unspecified atom stereocenters. The summed E-state index contributed by atoms with van der Waals surface area (Å²) in [4.78, 5) is 10.00. The number of hydrogen-bond acceptors (Lipinski definition) is 3. The summed E-state index contributed by atoms with van der Waals surface area (Å²) in [5.41, 5.74) is 0. The Labute approximate surface area is 68.3 Å². The van der Waals surface area contributed by atoms with E-state index in [4.69, 9.17) is 0 Å². The Bertz CT molecular complexity index is 101. The van der Waals surface area contributed by atoms with Gasteiger partial charge in [0.1, 0.15) is 0 Å². The van der Waals surface area contributed by atoms with E-state index < -0.39 is 0 Å². The van der Waals surface area contributed by atoms with Crippen LogP contribution in [0.1, 0.15) is 12.8 Å². The molecule has 9 heavy (non-hydrogen) atoms. The van der Waals surface area contributed by atoms with Crippen LogP contribution in [0.25, 0.3) is 0 Å². The minimum Gasteiger partial charge on any atom is -0.247 e. The van der Waals surface area contributed by atoms with Crippen LogP contribution in [0, 0.1) is 4.91 Å². The fourth-order valence-corrected chi connectivity index (χ4v) is 1.50. The highest BCUT2D eigenvalue weighted by molar-refractivity contribution is 14.1. The average Bonchev–Trinajstić information content (AvgIpc) is 1.90. The van der Waals surface area contributed by atoms with E-state index in [1.807, 2.05) is 0 Å². The molecule has 4 heteroatoms. The largest absolute Gasteiger partial charge is 0.247 e. The van der Waals surface area contributed by atoms with E-state index in [1.165, 1.54) is 0 Å². The zero-order valence-electron chi connectivity index (χ0n) is 5.09. The molecule has 0 bridgehead atoms. The maximum absolute atomic E-state index is 10.00. The highest BCUT2D eigenvalue weighted by Crippen LogP contribution is 2.15. The lowest BCUT2D eigenvalue weighted by atomic mass is 10.1. The topological polar surface area (TPSA) is 32.7 Å². The van der Waals surface area contributed by atoms with Crippen LogP contribution < -0.4 is 0 Å². The number of rotatable bonds is 1. The number of halogens is 1. The molecule has 1 aliphatic rings. The summed E-state index contributed by atoms with van der Waals surface area (Å²) < 4.78 is 2.19. The standard InChI is InChI=1S/C5H9IN2O/c6-8-3-1-5(7-9)2-4-8/h5H,1-4H2. The van der Waals surface area contributed by atoms with Crippen LogP contribution >= 0.6 is 22.9 Å². The van der Waals surface area contributed by atoms with E-state index in [0.29, 0.717) is 0 Å². The van der Waals surface area contributed by atoms with Crippen molar-refractivity contribution >= 4 is 22.9 Å². The van der Waals surface area contributed by atoms with Crippen LogP contribution in [0.3, 0.4) is 0 Å². The van der Waals surface area contributed by atoms with Crippen molar-refractivity contribution in [2.75, 3.05) is 13.1 Å². The van der Waals surface area contributed by atoms with E-state index in [9.17, 15) is 4.91 Å². The maximum Gasteiger partial charge on any atom is 0.0944 e. The van der Waals surface area contributed by atoms with Gasteiger partial charge in [-0.1, -0.05) is 5.18 Å². The Balaban J connectivity index is 2.26. The number of piperidine rings is 1. The van der Waals surface area contributed by atoms with Crippen LogP contribution in [-0.2, 0) is 0 Å². The summed E-state index contributed by atoms with van der Waals surface area (Å²) in [5, 5.41) is 3.00. The zero-order valence-corrected chi connectivity index (χ0v) is 7.24. The van der Waals surface area contributed by atoms with Gasteiger partial charge in [0.2, 0.25) is 0 Å². The third-order valence-electron chi connectivity index (χ3n) is 1.56. The molecule has 1 saturated heterocycles. The Morgan fingerprint density at radius 3 is 2.44 bits per heavy atom. The number of nitrogens with zero attached hydrogens (tertiary/aromatic N) is 2. The Hall–Kier alpha value is 0.290. The van der Waals surface area contributed by atoms with Gasteiger partial charge < -0.3 is 0 Å². The van der Waals surface area contributed by atoms with Crippen molar-refractivity contribution < 1.29 is 0 Å². The molecule has 0 atom stereocenters. The molecule has 0 aromatic rings. The zero-order chi connectivity index (χ0) is 6.69. The lowest BCUT2D eigenvalue weighted by molar-refractivity contribution is 0.368. The summed E-state index contributed by atoms with van der Waals surface area (Å²) in [6, 6.07) is 0.0935. The molecule has 1 aliphatic heterocycles. The molecule has 3 nitrogen and oxygen atoms in total. The van der Waals surface area contributed by atoms with Crippen LogP contribution in [0.2, 0.25) is 0 Å². The molecule has 1 heterocycles. The summed E-state index contributed by atoms with van der Waals surface area (Å²) in [5.74, 6) is 0. The molecule has 0 amide bonds. The van der Waals surface area contributed by atoms with Crippen molar-refractivity contribution in [1.82, 2.24) is 3.11 Å². The van der Waals surface area contributed by atoms with Crippen LogP contribution in [0.4, 0.5) is 0 Å². The van der Waals surface area contributed by atoms with Crippen LogP contribution in [0.15, 0.2) is 5.18 Å². The van der Waals surface area contributed by atoms with Crippen LogP contribution in [0.5, 0.6) is 0 Å². The quantitative estimate of drug-likeness (QED) is 0.396. The van der Waals surface area contributed by atoms with Crippen molar-refractivity contribution in [1.29, 1.82) is 0 Å². The lowest BCUT2D eigenvalue weighted by Crippen LogP contribution is -2.27. The smallest absolute Gasteiger partial charge is 0.0944 e. The van der Waals surface area contributed by atoms with Crippen molar-refractivity contribution in [2.45, 2.75) is 18.9 Å². The molecule has 52 valence electrons. The van der Waals surface area contributed by atoms with Gasteiger partial charge in [0.15, 0.2) is 0 Å². The molecule has 1 fully saturated rings. The first-order chi connectivity index (χ1) is 4.33. The molecule has 0 aromatic heterocycles. The molecule has 0 saturated carbocycles. The van der Waals surface area contributed by atoms with Crippen molar-refractivity contribution in [3.8, 4) is 0 Å². The van der Waals surface area contributed by atoms with Gasteiger partial charge in [-0.2, -0.15) is 4.91 Å². The minimum atomic E-state index is 0.0935. The summed E-state index contributed by atoms with van der Waals surface area (Å²) in [6.07, 6.45) is 1.87. The monoisotopic (exact) mass is 240 g/mol. The highest BCUT2D eigenvalue weighted by Gasteiger charge is 2.16. The fraction of sp³-hybridized carbons (Fsp3) is 1.00. The molecule has 0 aliphatic carbocycles. The van der Waals surface area contributed by atoms with E-state index >= 15 is 0 Å². The molecule has 0 spiro atoms. The first kappa shape index (κ1) is 7.40. The predicted molar refractivity (Wildman–Crippen MR) is 44.4 cm³/mol. The minimum absolute atomic E-state index is 0.0935. The summed E-state index contributed by atoms with van der Waals surface area (Å²) >= 11 is 2.27. The van der Waals surface area contributed by atoms with Gasteiger partial charge in [-0.15, -0.1) is 0 Å². The van der Waals surface area contributed by atoms with Crippen molar-refractivity contribution in [2.24, 2.45) is 5.18 Å². The highest BCUT2D eigenvalue weighted by atomic mass is 127. The van der Waals surface area contributed by atoms with Crippen molar-refractivity contribution in [3.63, 3.8) is 0 Å². The Morgan fingerprint density at radius 1 is 1.44 bits per heavy atom. The molecular weight excluding hydrogens is 231 g/mol. The molecule has 0 radical (unpaired) electrons. The molecule has 0 N–H and O–H groups in total. The third-order valence-corrected chi connectivity index (χ3v) is 2.52. The summed E-state index contributed by atoms with van der Waals surface area (Å²) in [7, 11) is 0. The first-order valence-electron chi connectivity index (χ1n) is 3.06. The maximum atomic E-state index is 10.00. The van der Waals surface area contributed by atoms with E-state index in [2.05, 4.69) is 31.2 Å². The lowest BCUT2D eigenvalue weighted by Gasteiger charge is -2.22. The Kier molecular flexibility index (Phi) is 2.84. The SMILES string of the molecule is O=NC1CCN(I)CC1. The molecular formula is C5H9IN2O. The third kappa shape index (κ3) is 2.17. The summed E-state index contributed by atoms with van der Waals surface area (Å²) in [6.45, 7) is 2.02. The average molecular weight is 240 g/mol. The van der Waals surface area contributed by atoms with Gasteiger partial charge in [-0.3, -0.25) is 0 Å². The molecule has 1 rings (SSSR count).